The molecule has 1 amide bonds. The fourth-order valence-electron chi connectivity index (χ4n) is 3.43. The zero-order chi connectivity index (χ0) is 17.9. The molecule has 0 aliphatic heterocycles. The fourth-order valence-corrected chi connectivity index (χ4v) is 3.43. The molecule has 0 saturated heterocycles. The Balaban J connectivity index is 1.72. The van der Waals surface area contributed by atoms with Crippen molar-refractivity contribution >= 4 is 22.8 Å². The summed E-state index contributed by atoms with van der Waals surface area (Å²) in [6, 6.07) is 7.15. The van der Waals surface area contributed by atoms with Gasteiger partial charge in [-0.3, -0.25) is 14.3 Å². The Kier molecular flexibility index (Phi) is 4.83. The molecule has 1 aliphatic rings. The number of rotatable bonds is 5. The maximum Gasteiger partial charge on any atom is 0.331 e. The van der Waals surface area contributed by atoms with Gasteiger partial charge < -0.3 is 10.1 Å². The summed E-state index contributed by atoms with van der Waals surface area (Å²) in [4.78, 5) is 36.3. The normalized spacial score (nSPS) is 15.9. The number of aryl methyl sites for hydroxylation is 1. The van der Waals surface area contributed by atoms with E-state index in [1.54, 1.807) is 22.9 Å². The van der Waals surface area contributed by atoms with E-state index in [0.29, 0.717) is 30.3 Å². The van der Waals surface area contributed by atoms with E-state index < -0.39 is 5.54 Å². The number of fused-ring (bicyclic) bond motifs is 1. The van der Waals surface area contributed by atoms with E-state index in [2.05, 4.69) is 10.4 Å². The number of carbonyl (C=O) groups excluding carboxylic acids is 2. The average Bonchev–Trinajstić information content (AvgIpc) is 3.10. The minimum atomic E-state index is -0.898. The predicted octanol–water partition coefficient (Wildman–Crippen LogP) is 1.39. The van der Waals surface area contributed by atoms with Crippen molar-refractivity contribution in [2.45, 2.75) is 44.2 Å². The van der Waals surface area contributed by atoms with Crippen molar-refractivity contribution in [1.29, 1.82) is 0 Å². The molecule has 25 heavy (non-hydrogen) atoms. The van der Waals surface area contributed by atoms with Gasteiger partial charge in [-0.2, -0.15) is 5.10 Å². The molecule has 0 spiro atoms. The van der Waals surface area contributed by atoms with Crippen molar-refractivity contribution in [2.75, 3.05) is 7.11 Å². The minimum Gasteiger partial charge on any atom is -0.467 e. The SMILES string of the molecule is COC(=O)C1(NC(=O)CCn2ncc(=O)c3ccccc32)CCCC1. The molecule has 132 valence electrons. The summed E-state index contributed by atoms with van der Waals surface area (Å²) in [6.45, 7) is 0.323. The van der Waals surface area contributed by atoms with E-state index in [0.717, 1.165) is 12.8 Å². The van der Waals surface area contributed by atoms with Gasteiger partial charge in [-0.1, -0.05) is 25.0 Å². The summed E-state index contributed by atoms with van der Waals surface area (Å²) in [6.07, 6.45) is 4.41. The van der Waals surface area contributed by atoms with Crippen LogP contribution in [0.1, 0.15) is 32.1 Å². The molecule has 1 heterocycles. The van der Waals surface area contributed by atoms with Crippen LogP contribution in [0.2, 0.25) is 0 Å². The Morgan fingerprint density at radius 1 is 1.28 bits per heavy atom. The number of hydrogen-bond donors (Lipinski definition) is 1. The molecule has 1 fully saturated rings. The molecule has 2 aromatic rings. The summed E-state index contributed by atoms with van der Waals surface area (Å²) >= 11 is 0. The lowest BCUT2D eigenvalue weighted by molar-refractivity contribution is -0.150. The van der Waals surface area contributed by atoms with Gasteiger partial charge in [0.2, 0.25) is 11.3 Å². The Hall–Kier alpha value is -2.70. The van der Waals surface area contributed by atoms with Gasteiger partial charge in [0.25, 0.3) is 0 Å². The third-order valence-corrected chi connectivity index (χ3v) is 4.72. The van der Waals surface area contributed by atoms with Crippen LogP contribution in [0.15, 0.2) is 35.3 Å². The number of amides is 1. The van der Waals surface area contributed by atoms with Crippen LogP contribution in [0.3, 0.4) is 0 Å². The van der Waals surface area contributed by atoms with Crippen LogP contribution >= 0.6 is 0 Å². The summed E-state index contributed by atoms with van der Waals surface area (Å²) in [5.41, 5.74) is -0.358. The van der Waals surface area contributed by atoms with E-state index in [4.69, 9.17) is 4.74 Å². The highest BCUT2D eigenvalue weighted by Gasteiger charge is 2.43. The van der Waals surface area contributed by atoms with Crippen LogP contribution in [-0.2, 0) is 20.9 Å². The number of nitrogens with zero attached hydrogens (tertiary/aromatic N) is 2. The number of aromatic nitrogens is 2. The maximum absolute atomic E-state index is 12.4. The molecule has 7 heteroatoms. The molecule has 1 aromatic carbocycles. The van der Waals surface area contributed by atoms with E-state index >= 15 is 0 Å². The van der Waals surface area contributed by atoms with Crippen molar-refractivity contribution < 1.29 is 14.3 Å². The second-order valence-electron chi connectivity index (χ2n) is 6.33. The van der Waals surface area contributed by atoms with Crippen molar-refractivity contribution in [3.8, 4) is 0 Å². The van der Waals surface area contributed by atoms with Gasteiger partial charge in [-0.05, 0) is 25.0 Å². The summed E-state index contributed by atoms with van der Waals surface area (Å²) in [5.74, 6) is -0.609. The van der Waals surface area contributed by atoms with Gasteiger partial charge in [0.1, 0.15) is 5.54 Å². The fraction of sp³-hybridized carbons (Fsp3) is 0.444. The number of nitrogens with one attached hydrogen (secondary N) is 1. The number of ether oxygens (including phenoxy) is 1. The van der Waals surface area contributed by atoms with Gasteiger partial charge >= 0.3 is 5.97 Å². The average molecular weight is 343 g/mol. The van der Waals surface area contributed by atoms with Gasteiger partial charge in [0.05, 0.1) is 25.4 Å². The summed E-state index contributed by atoms with van der Waals surface area (Å²) < 4.78 is 6.50. The first-order valence-corrected chi connectivity index (χ1v) is 8.40. The van der Waals surface area contributed by atoms with Crippen LogP contribution in [0.5, 0.6) is 0 Å². The quantitative estimate of drug-likeness (QED) is 0.829. The molecule has 0 bridgehead atoms. The third-order valence-electron chi connectivity index (χ3n) is 4.72. The molecule has 3 rings (SSSR count). The lowest BCUT2D eigenvalue weighted by Gasteiger charge is -2.27. The molecule has 1 N–H and O–H groups in total. The van der Waals surface area contributed by atoms with Crippen LogP contribution in [0.4, 0.5) is 0 Å². The first kappa shape index (κ1) is 17.1. The first-order chi connectivity index (χ1) is 12.1. The van der Waals surface area contributed by atoms with Crippen LogP contribution < -0.4 is 10.7 Å². The zero-order valence-corrected chi connectivity index (χ0v) is 14.2. The molecule has 0 unspecified atom stereocenters. The van der Waals surface area contributed by atoms with E-state index in [-0.39, 0.29) is 23.7 Å². The lowest BCUT2D eigenvalue weighted by Crippen LogP contribution is -2.53. The standard InChI is InChI=1S/C18H21N3O4/c1-25-17(24)18(9-4-5-10-18)20-16(23)8-11-21-14-7-3-2-6-13(14)15(22)12-19-21/h2-3,6-7,12H,4-5,8-11H2,1H3,(H,20,23). The number of methoxy groups -OCH3 is 1. The lowest BCUT2D eigenvalue weighted by atomic mass is 9.97. The van der Waals surface area contributed by atoms with E-state index in [1.165, 1.54) is 13.3 Å². The highest BCUT2D eigenvalue weighted by atomic mass is 16.5. The molecule has 1 saturated carbocycles. The highest BCUT2D eigenvalue weighted by Crippen LogP contribution is 2.30. The Labute approximate surface area is 145 Å². The maximum atomic E-state index is 12.4. The molecular formula is C18H21N3O4. The molecule has 0 atom stereocenters. The number of esters is 1. The van der Waals surface area contributed by atoms with Crippen molar-refractivity contribution in [2.24, 2.45) is 0 Å². The van der Waals surface area contributed by atoms with Crippen LogP contribution in [-0.4, -0.2) is 34.3 Å². The van der Waals surface area contributed by atoms with Crippen molar-refractivity contribution in [3.63, 3.8) is 0 Å². The van der Waals surface area contributed by atoms with Gasteiger partial charge in [-0.15, -0.1) is 0 Å². The molecule has 0 radical (unpaired) electrons. The van der Waals surface area contributed by atoms with E-state index in [1.807, 2.05) is 6.07 Å². The van der Waals surface area contributed by atoms with E-state index in [9.17, 15) is 14.4 Å². The molecular weight excluding hydrogens is 322 g/mol. The Bertz CT molecular complexity index is 853. The van der Waals surface area contributed by atoms with Crippen molar-refractivity contribution in [1.82, 2.24) is 15.1 Å². The number of para-hydroxylation sites is 1. The Morgan fingerprint density at radius 3 is 2.72 bits per heavy atom. The highest BCUT2D eigenvalue weighted by molar-refractivity contribution is 5.88. The van der Waals surface area contributed by atoms with Crippen LogP contribution in [0, 0.1) is 0 Å². The second-order valence-corrected chi connectivity index (χ2v) is 6.33. The predicted molar refractivity (Wildman–Crippen MR) is 92.0 cm³/mol. The smallest absolute Gasteiger partial charge is 0.331 e. The van der Waals surface area contributed by atoms with Gasteiger partial charge in [-0.25, -0.2) is 4.79 Å². The third kappa shape index (κ3) is 3.40. The monoisotopic (exact) mass is 343 g/mol. The number of carbonyl (C=O) groups is 2. The largest absolute Gasteiger partial charge is 0.467 e. The topological polar surface area (TPSA) is 90.3 Å². The molecule has 1 aliphatic carbocycles. The molecule has 7 nitrogen and oxygen atoms in total. The zero-order valence-electron chi connectivity index (χ0n) is 14.2. The van der Waals surface area contributed by atoms with Crippen LogP contribution in [0.25, 0.3) is 10.9 Å². The number of hydrogen-bond acceptors (Lipinski definition) is 5. The van der Waals surface area contributed by atoms with Gasteiger partial charge in [0.15, 0.2) is 0 Å². The molecule has 1 aromatic heterocycles. The number of benzene rings is 1. The van der Waals surface area contributed by atoms with Crippen molar-refractivity contribution in [3.05, 3.63) is 40.7 Å². The van der Waals surface area contributed by atoms with Gasteiger partial charge in [0, 0.05) is 11.8 Å². The summed E-state index contributed by atoms with van der Waals surface area (Å²) in [7, 11) is 1.34. The summed E-state index contributed by atoms with van der Waals surface area (Å²) in [5, 5.41) is 7.54. The first-order valence-electron chi connectivity index (χ1n) is 8.40. The second kappa shape index (κ2) is 7.04. The minimum absolute atomic E-state index is 0.146. The Morgan fingerprint density at radius 2 is 2.00 bits per heavy atom.